The largest absolute Gasteiger partial charge is 0.495 e. The van der Waals surface area contributed by atoms with Gasteiger partial charge >= 0.3 is 0 Å². The predicted octanol–water partition coefficient (Wildman–Crippen LogP) is 6.55. The first-order valence-corrected chi connectivity index (χ1v) is 11.6. The van der Waals surface area contributed by atoms with Gasteiger partial charge in [-0.15, -0.1) is 0 Å². The van der Waals surface area contributed by atoms with Crippen LogP contribution in [0.5, 0.6) is 5.75 Å². The van der Waals surface area contributed by atoms with Crippen molar-refractivity contribution in [2.75, 3.05) is 12.4 Å². The number of hydrogen-bond acceptors (Lipinski definition) is 5. The van der Waals surface area contributed by atoms with E-state index in [1.807, 2.05) is 72.8 Å². The number of rotatable bonds is 4. The van der Waals surface area contributed by atoms with Gasteiger partial charge in [0.1, 0.15) is 11.3 Å². The van der Waals surface area contributed by atoms with Gasteiger partial charge in [-0.3, -0.25) is 10.1 Å². The molecule has 1 amide bonds. The van der Waals surface area contributed by atoms with Crippen LogP contribution < -0.4 is 15.4 Å². The first kappa shape index (κ1) is 22.1. The van der Waals surface area contributed by atoms with Crippen molar-refractivity contribution in [3.05, 3.63) is 88.9 Å². The highest BCUT2D eigenvalue weighted by atomic mass is 79.9. The van der Waals surface area contributed by atoms with Gasteiger partial charge in [0.25, 0.3) is 5.91 Å². The lowest BCUT2D eigenvalue weighted by Gasteiger charge is -2.14. The van der Waals surface area contributed by atoms with E-state index in [4.69, 9.17) is 21.4 Å². The lowest BCUT2D eigenvalue weighted by atomic mass is 10.1. The number of nitrogens with one attached hydrogen (secondary N) is 2. The van der Waals surface area contributed by atoms with Crippen LogP contribution >= 0.6 is 28.1 Å². The summed E-state index contributed by atoms with van der Waals surface area (Å²) in [5.74, 6) is 0.614. The van der Waals surface area contributed by atoms with Crippen molar-refractivity contribution >= 4 is 66.7 Å². The molecule has 168 valence electrons. The second-order valence-electron chi connectivity index (χ2n) is 7.46. The van der Waals surface area contributed by atoms with Gasteiger partial charge in [0.05, 0.1) is 17.1 Å². The molecule has 1 heterocycles. The van der Waals surface area contributed by atoms with Crippen molar-refractivity contribution in [3.8, 4) is 17.2 Å². The van der Waals surface area contributed by atoms with Gasteiger partial charge in [0, 0.05) is 11.3 Å². The molecule has 8 heteroatoms. The van der Waals surface area contributed by atoms with Crippen molar-refractivity contribution in [2.24, 2.45) is 0 Å². The fraction of sp³-hybridized carbons (Fsp3) is 0.0385. The number of aromatic nitrogens is 1. The number of hydrogen-bond donors (Lipinski definition) is 2. The van der Waals surface area contributed by atoms with Crippen LogP contribution in [0.3, 0.4) is 0 Å². The second-order valence-corrected chi connectivity index (χ2v) is 8.67. The molecule has 6 nitrogen and oxygen atoms in total. The van der Waals surface area contributed by atoms with Crippen LogP contribution in [0.15, 0.2) is 87.8 Å². The molecule has 0 saturated heterocycles. The lowest BCUT2D eigenvalue weighted by molar-refractivity contribution is 0.0975. The maximum absolute atomic E-state index is 13.0. The van der Waals surface area contributed by atoms with Crippen molar-refractivity contribution in [2.45, 2.75) is 0 Å². The highest BCUT2D eigenvalue weighted by molar-refractivity contribution is 9.10. The number of fused-ring (bicyclic) bond motifs is 2. The Labute approximate surface area is 209 Å². The molecule has 0 fully saturated rings. The summed E-state index contributed by atoms with van der Waals surface area (Å²) in [5, 5.41) is 7.80. The Bertz CT molecular complexity index is 1510. The lowest BCUT2D eigenvalue weighted by Crippen LogP contribution is -2.34. The van der Waals surface area contributed by atoms with Crippen LogP contribution in [0, 0.1) is 0 Å². The minimum atomic E-state index is -0.371. The van der Waals surface area contributed by atoms with Crippen LogP contribution in [-0.4, -0.2) is 23.1 Å². The van der Waals surface area contributed by atoms with E-state index in [0.717, 1.165) is 33.1 Å². The van der Waals surface area contributed by atoms with Crippen LogP contribution in [-0.2, 0) is 0 Å². The number of carbonyl (C=O) groups is 1. The second kappa shape index (κ2) is 9.24. The van der Waals surface area contributed by atoms with Gasteiger partial charge in [0.2, 0.25) is 5.89 Å². The summed E-state index contributed by atoms with van der Waals surface area (Å²) in [4.78, 5) is 17.5. The zero-order valence-electron chi connectivity index (χ0n) is 18.0. The fourth-order valence-corrected chi connectivity index (χ4v) is 4.62. The highest BCUT2D eigenvalue weighted by Gasteiger charge is 2.19. The SMILES string of the molecule is COc1c(C(=O)NC(=S)Nc2ccc(-c3nc4ccccc4o3)cc2)cc2ccccc2c1Br. The van der Waals surface area contributed by atoms with Crippen molar-refractivity contribution in [1.29, 1.82) is 0 Å². The molecule has 5 rings (SSSR count). The molecule has 2 N–H and O–H groups in total. The maximum Gasteiger partial charge on any atom is 0.261 e. The molecule has 1 aromatic heterocycles. The number of halogens is 1. The number of nitrogens with zero attached hydrogens (tertiary/aromatic N) is 1. The Morgan fingerprint density at radius 1 is 1.03 bits per heavy atom. The third-order valence-corrected chi connectivity index (χ3v) is 6.29. The molecule has 0 saturated carbocycles. The summed E-state index contributed by atoms with van der Waals surface area (Å²) < 4.78 is 12.0. The highest BCUT2D eigenvalue weighted by Crippen LogP contribution is 2.36. The topological polar surface area (TPSA) is 76.4 Å². The molecule has 0 radical (unpaired) electrons. The summed E-state index contributed by atoms with van der Waals surface area (Å²) in [6.07, 6.45) is 0. The normalized spacial score (nSPS) is 10.9. The maximum atomic E-state index is 13.0. The van der Waals surface area contributed by atoms with E-state index in [0.29, 0.717) is 21.7 Å². The number of methoxy groups -OCH3 is 1. The van der Waals surface area contributed by atoms with Gasteiger partial charge in [-0.05, 0) is 81.4 Å². The van der Waals surface area contributed by atoms with Crippen LogP contribution in [0.1, 0.15) is 10.4 Å². The summed E-state index contributed by atoms with van der Waals surface area (Å²) in [6.45, 7) is 0. The first-order chi connectivity index (χ1) is 16.5. The Morgan fingerprint density at radius 2 is 1.76 bits per heavy atom. The molecule has 0 spiro atoms. The quantitative estimate of drug-likeness (QED) is 0.256. The first-order valence-electron chi connectivity index (χ1n) is 10.4. The molecule has 0 aliphatic rings. The average Bonchev–Trinajstić information content (AvgIpc) is 3.29. The fourth-order valence-electron chi connectivity index (χ4n) is 3.68. The molecule has 34 heavy (non-hydrogen) atoms. The number of ether oxygens (including phenoxy) is 1. The van der Waals surface area contributed by atoms with Gasteiger partial charge < -0.3 is 14.5 Å². The van der Waals surface area contributed by atoms with Gasteiger partial charge in [-0.1, -0.05) is 36.4 Å². The van der Waals surface area contributed by atoms with E-state index in [1.54, 1.807) is 6.07 Å². The molecule has 0 bridgehead atoms. The van der Waals surface area contributed by atoms with E-state index in [2.05, 4.69) is 31.5 Å². The number of thiocarbonyl (C=S) groups is 1. The number of oxazole rings is 1. The van der Waals surface area contributed by atoms with Crippen molar-refractivity contribution in [3.63, 3.8) is 0 Å². The molecule has 0 atom stereocenters. The number of amides is 1. The van der Waals surface area contributed by atoms with E-state index < -0.39 is 0 Å². The minimum absolute atomic E-state index is 0.172. The van der Waals surface area contributed by atoms with E-state index in [-0.39, 0.29) is 11.0 Å². The van der Waals surface area contributed by atoms with Crippen LogP contribution in [0.25, 0.3) is 33.3 Å². The van der Waals surface area contributed by atoms with Gasteiger partial charge in [-0.25, -0.2) is 4.98 Å². The Morgan fingerprint density at radius 3 is 2.53 bits per heavy atom. The zero-order chi connectivity index (χ0) is 23.7. The third kappa shape index (κ3) is 4.25. The van der Waals surface area contributed by atoms with Crippen molar-refractivity contribution in [1.82, 2.24) is 10.3 Å². The molecular weight excluding hydrogens is 514 g/mol. The molecule has 0 aliphatic heterocycles. The number of benzene rings is 4. The monoisotopic (exact) mass is 531 g/mol. The Balaban J connectivity index is 1.31. The molecule has 4 aromatic carbocycles. The molecular formula is C26H18BrN3O3S. The standard InChI is InChI=1S/C26H18BrN3O3S/c1-32-23-19(14-16-6-2-3-7-18(16)22(23)27)24(31)30-26(34)28-17-12-10-15(11-13-17)25-29-20-8-4-5-9-21(20)33-25/h2-14H,1H3,(H2,28,30,31,34). The van der Waals surface area contributed by atoms with Crippen LogP contribution in [0.2, 0.25) is 0 Å². The van der Waals surface area contributed by atoms with E-state index in [9.17, 15) is 4.79 Å². The molecule has 0 aliphatic carbocycles. The van der Waals surface area contributed by atoms with Crippen molar-refractivity contribution < 1.29 is 13.9 Å². The minimum Gasteiger partial charge on any atom is -0.495 e. The molecule has 0 unspecified atom stereocenters. The summed E-state index contributed by atoms with van der Waals surface area (Å²) in [6, 6.07) is 24.6. The summed E-state index contributed by atoms with van der Waals surface area (Å²) in [5.41, 5.74) is 3.47. The van der Waals surface area contributed by atoms with Gasteiger partial charge in [-0.2, -0.15) is 0 Å². The number of anilines is 1. The third-order valence-electron chi connectivity index (χ3n) is 5.30. The number of carbonyl (C=O) groups excluding carboxylic acids is 1. The van der Waals surface area contributed by atoms with Crippen LogP contribution in [0.4, 0.5) is 5.69 Å². The van der Waals surface area contributed by atoms with Gasteiger partial charge in [0.15, 0.2) is 10.7 Å². The average molecular weight is 532 g/mol. The molecule has 5 aromatic rings. The zero-order valence-corrected chi connectivity index (χ0v) is 20.4. The summed E-state index contributed by atoms with van der Waals surface area (Å²) >= 11 is 8.92. The smallest absolute Gasteiger partial charge is 0.261 e. The number of para-hydroxylation sites is 2. The summed E-state index contributed by atoms with van der Waals surface area (Å²) in [7, 11) is 1.53. The van der Waals surface area contributed by atoms with E-state index >= 15 is 0 Å². The Hall–Kier alpha value is -3.75. The Kier molecular flexibility index (Phi) is 6.00. The predicted molar refractivity (Wildman–Crippen MR) is 141 cm³/mol. The van der Waals surface area contributed by atoms with E-state index in [1.165, 1.54) is 7.11 Å².